The lowest BCUT2D eigenvalue weighted by Crippen LogP contribution is -2.71. The Balaban J connectivity index is 1.57. The highest BCUT2D eigenvalue weighted by Gasteiger charge is 2.47. The summed E-state index contributed by atoms with van der Waals surface area (Å²) in [5, 5.41) is 3.82. The van der Waals surface area contributed by atoms with Gasteiger partial charge in [-0.15, -0.1) is 0 Å². The van der Waals surface area contributed by atoms with Gasteiger partial charge in [0.2, 0.25) is 0 Å². The standard InChI is InChI=1S/C17H17ClFN3/c18-15-6-14(19)2-1-12(15)5-13-7-20-4-3-16(13)22-10-17(11-22)8-21-9-17/h1-4,6-7,21H,5,8-11H2. The van der Waals surface area contributed by atoms with E-state index in [2.05, 4.69) is 21.3 Å². The molecule has 0 radical (unpaired) electrons. The third-order valence-corrected chi connectivity index (χ3v) is 5.02. The maximum absolute atomic E-state index is 13.2. The van der Waals surface area contributed by atoms with E-state index in [-0.39, 0.29) is 5.82 Å². The van der Waals surface area contributed by atoms with Crippen molar-refractivity contribution in [1.29, 1.82) is 0 Å². The average molecular weight is 318 g/mol. The summed E-state index contributed by atoms with van der Waals surface area (Å²) in [4.78, 5) is 6.64. The summed E-state index contributed by atoms with van der Waals surface area (Å²) in [7, 11) is 0. The molecule has 2 aromatic rings. The molecule has 2 aliphatic heterocycles. The van der Waals surface area contributed by atoms with E-state index in [1.54, 1.807) is 6.07 Å². The van der Waals surface area contributed by atoms with Crippen molar-refractivity contribution in [2.24, 2.45) is 5.41 Å². The minimum atomic E-state index is -0.303. The van der Waals surface area contributed by atoms with E-state index < -0.39 is 0 Å². The number of pyridine rings is 1. The van der Waals surface area contributed by atoms with Gasteiger partial charge in [0.05, 0.1) is 0 Å². The normalized spacial score (nSPS) is 18.9. The van der Waals surface area contributed by atoms with Crippen molar-refractivity contribution >= 4 is 17.3 Å². The molecule has 2 fully saturated rings. The minimum absolute atomic E-state index is 0.303. The number of hydrogen-bond donors (Lipinski definition) is 1. The zero-order valence-corrected chi connectivity index (χ0v) is 12.9. The van der Waals surface area contributed by atoms with Crippen LogP contribution in [0.15, 0.2) is 36.7 Å². The summed E-state index contributed by atoms with van der Waals surface area (Å²) in [6.45, 7) is 4.42. The Labute approximate surface area is 134 Å². The zero-order chi connectivity index (χ0) is 15.2. The van der Waals surface area contributed by atoms with Crippen LogP contribution in [0.25, 0.3) is 0 Å². The third kappa shape index (κ3) is 2.36. The van der Waals surface area contributed by atoms with Crippen molar-refractivity contribution < 1.29 is 4.39 Å². The molecule has 0 amide bonds. The zero-order valence-electron chi connectivity index (χ0n) is 12.1. The Hall–Kier alpha value is -1.65. The van der Waals surface area contributed by atoms with Gasteiger partial charge in [0, 0.05) is 61.1 Å². The number of nitrogens with zero attached hydrogens (tertiary/aromatic N) is 2. The van der Waals surface area contributed by atoms with Crippen LogP contribution in [0.4, 0.5) is 10.1 Å². The Morgan fingerprint density at radius 2 is 2.05 bits per heavy atom. The van der Waals surface area contributed by atoms with E-state index in [4.69, 9.17) is 11.6 Å². The molecule has 0 unspecified atom stereocenters. The summed E-state index contributed by atoms with van der Waals surface area (Å²) < 4.78 is 13.2. The molecule has 5 heteroatoms. The first-order chi connectivity index (χ1) is 10.7. The van der Waals surface area contributed by atoms with Gasteiger partial charge in [0.1, 0.15) is 5.82 Å². The van der Waals surface area contributed by atoms with Crippen LogP contribution < -0.4 is 10.2 Å². The molecule has 1 N–H and O–H groups in total. The topological polar surface area (TPSA) is 28.2 Å². The summed E-state index contributed by atoms with van der Waals surface area (Å²) in [6.07, 6.45) is 4.39. The lowest BCUT2D eigenvalue weighted by atomic mass is 9.74. The van der Waals surface area contributed by atoms with Crippen molar-refractivity contribution in [3.05, 3.63) is 58.6 Å². The molecule has 0 aliphatic carbocycles. The van der Waals surface area contributed by atoms with Gasteiger partial charge in [0.15, 0.2) is 0 Å². The average Bonchev–Trinajstić information content (AvgIpc) is 2.40. The van der Waals surface area contributed by atoms with Crippen molar-refractivity contribution in [3.8, 4) is 0 Å². The molecular formula is C17H17ClFN3. The molecule has 2 aliphatic rings. The van der Waals surface area contributed by atoms with Crippen LogP contribution in [-0.2, 0) is 6.42 Å². The molecule has 114 valence electrons. The number of benzene rings is 1. The number of nitrogens with one attached hydrogen (secondary N) is 1. The Bertz CT molecular complexity index is 707. The van der Waals surface area contributed by atoms with Gasteiger partial charge in [-0.05, 0) is 29.3 Å². The molecule has 2 saturated heterocycles. The number of anilines is 1. The molecule has 4 rings (SSSR count). The first kappa shape index (κ1) is 14.0. The van der Waals surface area contributed by atoms with Gasteiger partial charge in [-0.3, -0.25) is 4.98 Å². The van der Waals surface area contributed by atoms with E-state index in [1.165, 1.54) is 17.8 Å². The molecule has 22 heavy (non-hydrogen) atoms. The summed E-state index contributed by atoms with van der Waals surface area (Å²) >= 11 is 6.15. The third-order valence-electron chi connectivity index (χ3n) is 4.67. The van der Waals surface area contributed by atoms with Crippen molar-refractivity contribution in [2.75, 3.05) is 31.1 Å². The Kier molecular flexibility index (Phi) is 3.31. The lowest BCUT2D eigenvalue weighted by molar-refractivity contribution is 0.121. The van der Waals surface area contributed by atoms with Crippen LogP contribution in [0, 0.1) is 11.2 Å². The SMILES string of the molecule is Fc1ccc(Cc2cnccc2N2CC3(CNC3)C2)c(Cl)c1. The number of halogens is 2. The molecule has 0 bridgehead atoms. The summed E-state index contributed by atoms with van der Waals surface area (Å²) in [5.41, 5.74) is 3.76. The highest BCUT2D eigenvalue weighted by atomic mass is 35.5. The molecule has 1 aromatic carbocycles. The predicted octanol–water partition coefficient (Wildman–Crippen LogP) is 2.87. The van der Waals surface area contributed by atoms with Gasteiger partial charge in [0.25, 0.3) is 0 Å². The number of aromatic nitrogens is 1. The quantitative estimate of drug-likeness (QED) is 0.943. The molecule has 0 atom stereocenters. The molecular weight excluding hydrogens is 301 g/mol. The first-order valence-corrected chi connectivity index (χ1v) is 7.86. The maximum atomic E-state index is 13.2. The van der Waals surface area contributed by atoms with Crippen LogP contribution in [-0.4, -0.2) is 31.2 Å². The van der Waals surface area contributed by atoms with Crippen LogP contribution in [0.1, 0.15) is 11.1 Å². The largest absolute Gasteiger partial charge is 0.370 e. The molecule has 0 saturated carbocycles. The van der Waals surface area contributed by atoms with Gasteiger partial charge in [-0.2, -0.15) is 0 Å². The summed E-state index contributed by atoms with van der Waals surface area (Å²) in [5.74, 6) is -0.303. The smallest absolute Gasteiger partial charge is 0.124 e. The molecule has 3 heterocycles. The van der Waals surface area contributed by atoms with Crippen molar-refractivity contribution in [3.63, 3.8) is 0 Å². The van der Waals surface area contributed by atoms with Crippen LogP contribution in [0.2, 0.25) is 5.02 Å². The first-order valence-electron chi connectivity index (χ1n) is 7.48. The molecule has 1 spiro atoms. The van der Waals surface area contributed by atoms with Crippen LogP contribution >= 0.6 is 11.6 Å². The van der Waals surface area contributed by atoms with Gasteiger partial charge in [-0.25, -0.2) is 4.39 Å². The second-order valence-corrected chi connectivity index (χ2v) is 6.78. The Morgan fingerprint density at radius 1 is 1.23 bits per heavy atom. The molecule has 1 aromatic heterocycles. The monoisotopic (exact) mass is 317 g/mol. The fourth-order valence-corrected chi connectivity index (χ4v) is 3.60. The van der Waals surface area contributed by atoms with Crippen molar-refractivity contribution in [1.82, 2.24) is 10.3 Å². The van der Waals surface area contributed by atoms with Gasteiger partial charge >= 0.3 is 0 Å². The highest BCUT2D eigenvalue weighted by molar-refractivity contribution is 6.31. The second-order valence-electron chi connectivity index (χ2n) is 6.38. The second kappa shape index (κ2) is 5.21. The highest BCUT2D eigenvalue weighted by Crippen LogP contribution is 2.39. The van der Waals surface area contributed by atoms with E-state index in [0.717, 1.165) is 37.3 Å². The van der Waals surface area contributed by atoms with Crippen molar-refractivity contribution in [2.45, 2.75) is 6.42 Å². The summed E-state index contributed by atoms with van der Waals surface area (Å²) in [6, 6.07) is 6.63. The van der Waals surface area contributed by atoms with E-state index in [1.807, 2.05) is 12.4 Å². The van der Waals surface area contributed by atoms with E-state index >= 15 is 0 Å². The van der Waals surface area contributed by atoms with E-state index in [0.29, 0.717) is 16.9 Å². The maximum Gasteiger partial charge on any atom is 0.124 e. The van der Waals surface area contributed by atoms with Crippen LogP contribution in [0.3, 0.4) is 0 Å². The molecule has 3 nitrogen and oxygen atoms in total. The van der Waals surface area contributed by atoms with Gasteiger partial charge < -0.3 is 10.2 Å². The lowest BCUT2D eigenvalue weighted by Gasteiger charge is -2.57. The predicted molar refractivity (Wildman–Crippen MR) is 86.0 cm³/mol. The van der Waals surface area contributed by atoms with E-state index in [9.17, 15) is 4.39 Å². The number of hydrogen-bond acceptors (Lipinski definition) is 3. The van der Waals surface area contributed by atoms with Gasteiger partial charge in [-0.1, -0.05) is 17.7 Å². The Morgan fingerprint density at radius 3 is 2.73 bits per heavy atom. The fraction of sp³-hybridized carbons (Fsp3) is 0.353. The number of rotatable bonds is 3. The minimum Gasteiger partial charge on any atom is -0.370 e. The fourth-order valence-electron chi connectivity index (χ4n) is 3.37. The van der Waals surface area contributed by atoms with Crippen LogP contribution in [0.5, 0.6) is 0 Å².